The summed E-state index contributed by atoms with van der Waals surface area (Å²) in [5, 5.41) is 3.51. The summed E-state index contributed by atoms with van der Waals surface area (Å²) in [6, 6.07) is 0. The van der Waals surface area contributed by atoms with Gasteiger partial charge in [-0.05, 0) is 37.9 Å². The van der Waals surface area contributed by atoms with E-state index < -0.39 is 0 Å². The number of hydrogen-bond acceptors (Lipinski definition) is 3. The summed E-state index contributed by atoms with van der Waals surface area (Å²) in [5.41, 5.74) is 1.42. The first kappa shape index (κ1) is 12.1. The molecule has 0 aromatic carbocycles. The van der Waals surface area contributed by atoms with Gasteiger partial charge in [-0.15, -0.1) is 0 Å². The summed E-state index contributed by atoms with van der Waals surface area (Å²) in [6.45, 7) is 7.65. The molecule has 92 valence electrons. The molecule has 0 aromatic rings. The molecule has 0 unspecified atom stereocenters. The molecular weight excluding hydrogens is 200 g/mol. The number of nitrogens with one attached hydrogen (secondary N) is 1. The molecule has 0 bridgehead atoms. The normalized spacial score (nSPS) is 23.1. The molecule has 0 saturated carbocycles. The van der Waals surface area contributed by atoms with Gasteiger partial charge in [0, 0.05) is 19.6 Å². The van der Waals surface area contributed by atoms with Crippen LogP contribution in [0.25, 0.3) is 0 Å². The summed E-state index contributed by atoms with van der Waals surface area (Å²) < 4.78 is 5.41. The molecule has 2 rings (SSSR count). The zero-order valence-electron chi connectivity index (χ0n) is 10.2. The van der Waals surface area contributed by atoms with Crippen molar-refractivity contribution in [3.63, 3.8) is 0 Å². The second-order valence-electron chi connectivity index (χ2n) is 4.78. The molecule has 0 aliphatic carbocycles. The van der Waals surface area contributed by atoms with Gasteiger partial charge in [0.2, 0.25) is 0 Å². The van der Waals surface area contributed by atoms with Crippen molar-refractivity contribution in [1.82, 2.24) is 10.2 Å². The quantitative estimate of drug-likeness (QED) is 0.564. The van der Waals surface area contributed by atoms with E-state index in [1.165, 1.54) is 44.5 Å². The van der Waals surface area contributed by atoms with E-state index >= 15 is 0 Å². The molecule has 0 radical (unpaired) electrons. The topological polar surface area (TPSA) is 24.5 Å². The van der Waals surface area contributed by atoms with E-state index in [9.17, 15) is 0 Å². The van der Waals surface area contributed by atoms with Crippen molar-refractivity contribution in [3.8, 4) is 0 Å². The molecule has 2 aliphatic rings. The Labute approximate surface area is 98.8 Å². The average Bonchev–Trinajstić information content (AvgIpc) is 2.37. The molecule has 0 atom stereocenters. The van der Waals surface area contributed by atoms with Crippen molar-refractivity contribution < 1.29 is 4.74 Å². The van der Waals surface area contributed by atoms with Crippen LogP contribution in [0.15, 0.2) is 11.6 Å². The largest absolute Gasteiger partial charge is 0.377 e. The number of likely N-dealkylation sites (tertiary alicyclic amines) is 1. The highest BCUT2D eigenvalue weighted by atomic mass is 16.5. The Morgan fingerprint density at radius 3 is 2.88 bits per heavy atom. The molecule has 0 spiro atoms. The Bertz CT molecular complexity index is 222. The van der Waals surface area contributed by atoms with Gasteiger partial charge in [0.1, 0.15) is 0 Å². The number of rotatable bonds is 5. The van der Waals surface area contributed by atoms with E-state index in [4.69, 9.17) is 4.74 Å². The van der Waals surface area contributed by atoms with Crippen LogP contribution in [0.1, 0.15) is 25.7 Å². The standard InChI is InChI=1S/C13H24N2O/c1-2-7-15(8-3-1)9-6-14-11-13-5-4-10-16-12-13/h5,14H,1-4,6-12H2. The molecule has 3 heteroatoms. The van der Waals surface area contributed by atoms with Crippen molar-refractivity contribution in [2.75, 3.05) is 45.9 Å². The fraction of sp³-hybridized carbons (Fsp3) is 0.846. The van der Waals surface area contributed by atoms with Crippen LogP contribution in [0.3, 0.4) is 0 Å². The lowest BCUT2D eigenvalue weighted by Gasteiger charge is -2.26. The molecule has 2 heterocycles. The van der Waals surface area contributed by atoms with Gasteiger partial charge >= 0.3 is 0 Å². The number of ether oxygens (including phenoxy) is 1. The van der Waals surface area contributed by atoms with Crippen LogP contribution in [0.2, 0.25) is 0 Å². The Morgan fingerprint density at radius 1 is 1.25 bits per heavy atom. The molecular formula is C13H24N2O. The lowest BCUT2D eigenvalue weighted by atomic mass is 10.1. The van der Waals surface area contributed by atoms with Crippen molar-refractivity contribution >= 4 is 0 Å². The first-order valence-corrected chi connectivity index (χ1v) is 6.64. The molecule has 0 aromatic heterocycles. The average molecular weight is 224 g/mol. The molecule has 1 N–H and O–H groups in total. The minimum Gasteiger partial charge on any atom is -0.377 e. The summed E-state index contributed by atoms with van der Waals surface area (Å²) in [5.74, 6) is 0. The highest BCUT2D eigenvalue weighted by Crippen LogP contribution is 2.07. The van der Waals surface area contributed by atoms with Gasteiger partial charge in [-0.1, -0.05) is 12.5 Å². The third-order valence-corrected chi connectivity index (χ3v) is 3.39. The van der Waals surface area contributed by atoms with Crippen LogP contribution in [-0.2, 0) is 4.74 Å². The Balaban J connectivity index is 1.52. The van der Waals surface area contributed by atoms with E-state index in [-0.39, 0.29) is 0 Å². The van der Waals surface area contributed by atoms with E-state index in [0.29, 0.717) is 0 Å². The van der Waals surface area contributed by atoms with Crippen LogP contribution in [-0.4, -0.2) is 50.8 Å². The monoisotopic (exact) mass is 224 g/mol. The molecule has 0 amide bonds. The molecule has 2 aliphatic heterocycles. The first-order valence-electron chi connectivity index (χ1n) is 6.64. The summed E-state index contributed by atoms with van der Waals surface area (Å²) in [7, 11) is 0. The van der Waals surface area contributed by atoms with Crippen LogP contribution < -0.4 is 5.32 Å². The lowest BCUT2D eigenvalue weighted by molar-refractivity contribution is 0.148. The Kier molecular flexibility index (Phi) is 5.32. The predicted molar refractivity (Wildman–Crippen MR) is 66.7 cm³/mol. The zero-order chi connectivity index (χ0) is 11.1. The fourth-order valence-corrected chi connectivity index (χ4v) is 2.40. The van der Waals surface area contributed by atoms with Gasteiger partial charge in [-0.2, -0.15) is 0 Å². The third kappa shape index (κ3) is 4.24. The van der Waals surface area contributed by atoms with Crippen molar-refractivity contribution in [2.45, 2.75) is 25.7 Å². The number of nitrogens with zero attached hydrogens (tertiary/aromatic N) is 1. The van der Waals surface area contributed by atoms with Crippen molar-refractivity contribution in [2.24, 2.45) is 0 Å². The van der Waals surface area contributed by atoms with Crippen LogP contribution in [0.5, 0.6) is 0 Å². The van der Waals surface area contributed by atoms with Gasteiger partial charge in [0.15, 0.2) is 0 Å². The number of piperidine rings is 1. The van der Waals surface area contributed by atoms with E-state index in [2.05, 4.69) is 16.3 Å². The molecule has 16 heavy (non-hydrogen) atoms. The van der Waals surface area contributed by atoms with Crippen LogP contribution in [0, 0.1) is 0 Å². The first-order chi connectivity index (χ1) is 7.95. The van der Waals surface area contributed by atoms with Crippen molar-refractivity contribution in [1.29, 1.82) is 0 Å². The summed E-state index contributed by atoms with van der Waals surface area (Å²) >= 11 is 0. The molecule has 1 saturated heterocycles. The summed E-state index contributed by atoms with van der Waals surface area (Å²) in [4.78, 5) is 2.57. The molecule has 3 nitrogen and oxygen atoms in total. The van der Waals surface area contributed by atoms with Crippen LogP contribution in [0.4, 0.5) is 0 Å². The maximum absolute atomic E-state index is 5.41. The second-order valence-corrected chi connectivity index (χ2v) is 4.78. The highest BCUT2D eigenvalue weighted by molar-refractivity contribution is 5.06. The van der Waals surface area contributed by atoms with E-state index in [1.54, 1.807) is 0 Å². The third-order valence-electron chi connectivity index (χ3n) is 3.39. The minimum absolute atomic E-state index is 0.830. The second kappa shape index (κ2) is 7.05. The van der Waals surface area contributed by atoms with Gasteiger partial charge < -0.3 is 15.0 Å². The van der Waals surface area contributed by atoms with E-state index in [0.717, 1.165) is 32.7 Å². The summed E-state index contributed by atoms with van der Waals surface area (Å²) in [6.07, 6.45) is 7.60. The van der Waals surface area contributed by atoms with Crippen molar-refractivity contribution in [3.05, 3.63) is 11.6 Å². The lowest BCUT2D eigenvalue weighted by Crippen LogP contribution is -2.36. The SMILES string of the molecule is C1=C(CNCCN2CCCCC2)COCC1. The van der Waals surface area contributed by atoms with Gasteiger partial charge in [-0.25, -0.2) is 0 Å². The van der Waals surface area contributed by atoms with Crippen LogP contribution >= 0.6 is 0 Å². The minimum atomic E-state index is 0.830. The zero-order valence-corrected chi connectivity index (χ0v) is 10.2. The van der Waals surface area contributed by atoms with Gasteiger partial charge in [-0.3, -0.25) is 0 Å². The van der Waals surface area contributed by atoms with Gasteiger partial charge in [0.05, 0.1) is 13.2 Å². The smallest absolute Gasteiger partial charge is 0.0689 e. The predicted octanol–water partition coefficient (Wildman–Crippen LogP) is 1.41. The Hall–Kier alpha value is -0.380. The highest BCUT2D eigenvalue weighted by Gasteiger charge is 2.09. The van der Waals surface area contributed by atoms with E-state index in [1.807, 2.05) is 0 Å². The molecule has 1 fully saturated rings. The maximum atomic E-state index is 5.41. The fourth-order valence-electron chi connectivity index (χ4n) is 2.40. The maximum Gasteiger partial charge on any atom is 0.0689 e. The number of hydrogen-bond donors (Lipinski definition) is 1. The van der Waals surface area contributed by atoms with Gasteiger partial charge in [0.25, 0.3) is 0 Å². The Morgan fingerprint density at radius 2 is 2.12 bits per heavy atom.